The molecule has 1 rings (SSSR count). The largest absolute Gasteiger partial charge is 0.351 e. The number of hydrogen-bond donors (Lipinski definition) is 4. The van der Waals surface area contributed by atoms with E-state index in [2.05, 4.69) is 37.1 Å². The first kappa shape index (κ1) is 18.0. The fourth-order valence-corrected chi connectivity index (χ4v) is 2.15. The Balaban J connectivity index is 2.54. The third kappa shape index (κ3) is 6.50. The number of carbonyl (C=O) groups excluding carboxylic acids is 1. The maximum absolute atomic E-state index is 12.4. The maximum Gasteiger partial charge on any atom is 0.237 e. The summed E-state index contributed by atoms with van der Waals surface area (Å²) >= 11 is 4.17. The first-order valence-corrected chi connectivity index (χ1v) is 8.13. The number of rotatable bonds is 9. The molecule has 0 aliphatic rings. The maximum atomic E-state index is 12.4. The van der Waals surface area contributed by atoms with Crippen molar-refractivity contribution in [3.63, 3.8) is 0 Å². The van der Waals surface area contributed by atoms with Gasteiger partial charge in [0.1, 0.15) is 0 Å². The van der Waals surface area contributed by atoms with Crippen LogP contribution in [0, 0.1) is 5.92 Å². The Labute approximate surface area is 133 Å². The van der Waals surface area contributed by atoms with E-state index in [0.29, 0.717) is 18.8 Å². The Morgan fingerprint density at radius 2 is 2.00 bits per heavy atom. The first-order chi connectivity index (χ1) is 10.1. The minimum atomic E-state index is -0.218. The molecule has 0 radical (unpaired) electrons. The van der Waals surface area contributed by atoms with Gasteiger partial charge in [-0.2, -0.15) is 12.6 Å². The molecule has 4 N–H and O–H groups in total. The quantitative estimate of drug-likeness (QED) is 0.523. The number of nitrogens with one attached hydrogen (secondary N) is 2. The first-order valence-electron chi connectivity index (χ1n) is 7.49. The molecular weight excluding hydrogens is 282 g/mol. The summed E-state index contributed by atoms with van der Waals surface area (Å²) in [5.41, 5.74) is 6.96. The van der Waals surface area contributed by atoms with Crippen molar-refractivity contribution < 1.29 is 4.79 Å². The lowest BCUT2D eigenvalue weighted by atomic mass is 9.98. The van der Waals surface area contributed by atoms with E-state index in [0.717, 1.165) is 12.0 Å². The summed E-state index contributed by atoms with van der Waals surface area (Å²) in [5.74, 6) is 0.888. The molecule has 0 saturated heterocycles. The van der Waals surface area contributed by atoms with Gasteiger partial charge in [0, 0.05) is 24.9 Å². The van der Waals surface area contributed by atoms with Gasteiger partial charge in [0.15, 0.2) is 0 Å². The third-order valence-electron chi connectivity index (χ3n) is 3.64. The predicted octanol–water partition coefficient (Wildman–Crippen LogP) is 1.56. The average molecular weight is 309 g/mol. The van der Waals surface area contributed by atoms with Crippen LogP contribution in [-0.4, -0.2) is 30.3 Å². The molecule has 0 heterocycles. The molecule has 1 unspecified atom stereocenters. The lowest BCUT2D eigenvalue weighted by Crippen LogP contribution is -2.51. The van der Waals surface area contributed by atoms with Crippen LogP contribution in [0.1, 0.15) is 25.8 Å². The van der Waals surface area contributed by atoms with Gasteiger partial charge in [-0.05, 0) is 11.5 Å². The van der Waals surface area contributed by atoms with Crippen LogP contribution >= 0.6 is 12.6 Å². The number of nitrogens with two attached hydrogens (primary N) is 1. The predicted molar refractivity (Wildman–Crippen MR) is 91.4 cm³/mol. The molecule has 0 spiro atoms. The monoisotopic (exact) mass is 309 g/mol. The SMILES string of the molecule is CCC(C)[C@H](NC[C@@H](N)CS)C(=O)NCc1ccccc1. The molecule has 1 amide bonds. The van der Waals surface area contributed by atoms with Crippen molar-refractivity contribution >= 4 is 18.5 Å². The minimum Gasteiger partial charge on any atom is -0.351 e. The van der Waals surface area contributed by atoms with Gasteiger partial charge in [0.25, 0.3) is 0 Å². The summed E-state index contributed by atoms with van der Waals surface area (Å²) < 4.78 is 0. The number of thiol groups is 1. The highest BCUT2D eigenvalue weighted by Gasteiger charge is 2.23. The number of amides is 1. The molecule has 118 valence electrons. The Morgan fingerprint density at radius 1 is 1.33 bits per heavy atom. The molecule has 1 aromatic rings. The summed E-state index contributed by atoms with van der Waals surface area (Å²) in [6, 6.07) is 9.65. The van der Waals surface area contributed by atoms with Crippen LogP contribution in [0.5, 0.6) is 0 Å². The Hall–Kier alpha value is -1.04. The van der Waals surface area contributed by atoms with Crippen molar-refractivity contribution in [2.24, 2.45) is 11.7 Å². The number of hydrogen-bond acceptors (Lipinski definition) is 4. The van der Waals surface area contributed by atoms with Gasteiger partial charge in [-0.1, -0.05) is 50.6 Å². The summed E-state index contributed by atoms with van der Waals surface area (Å²) in [4.78, 5) is 12.4. The lowest BCUT2D eigenvalue weighted by Gasteiger charge is -2.25. The topological polar surface area (TPSA) is 67.1 Å². The van der Waals surface area contributed by atoms with Crippen LogP contribution in [0.4, 0.5) is 0 Å². The van der Waals surface area contributed by atoms with Crippen molar-refractivity contribution in [3.05, 3.63) is 35.9 Å². The van der Waals surface area contributed by atoms with E-state index in [1.165, 1.54) is 0 Å². The Kier molecular flexibility index (Phi) is 8.42. The van der Waals surface area contributed by atoms with Crippen LogP contribution in [0.3, 0.4) is 0 Å². The van der Waals surface area contributed by atoms with Gasteiger partial charge in [-0.25, -0.2) is 0 Å². The molecule has 0 fully saturated rings. The molecule has 1 aromatic carbocycles. The van der Waals surface area contributed by atoms with Crippen LogP contribution in [-0.2, 0) is 11.3 Å². The normalized spacial score (nSPS) is 15.2. The van der Waals surface area contributed by atoms with Gasteiger partial charge < -0.3 is 16.4 Å². The molecule has 0 aliphatic heterocycles. The van der Waals surface area contributed by atoms with Crippen LogP contribution in [0.15, 0.2) is 30.3 Å². The van der Waals surface area contributed by atoms with Gasteiger partial charge in [0.05, 0.1) is 6.04 Å². The molecule has 21 heavy (non-hydrogen) atoms. The molecule has 5 heteroatoms. The Morgan fingerprint density at radius 3 is 2.57 bits per heavy atom. The molecule has 4 nitrogen and oxygen atoms in total. The summed E-state index contributed by atoms with van der Waals surface area (Å²) in [6.45, 7) is 5.30. The van der Waals surface area contributed by atoms with Crippen LogP contribution in [0.2, 0.25) is 0 Å². The van der Waals surface area contributed by atoms with Gasteiger partial charge in [-0.3, -0.25) is 4.79 Å². The van der Waals surface area contributed by atoms with Gasteiger partial charge in [0.2, 0.25) is 5.91 Å². The van der Waals surface area contributed by atoms with Crippen LogP contribution in [0.25, 0.3) is 0 Å². The summed E-state index contributed by atoms with van der Waals surface area (Å²) in [5, 5.41) is 6.27. The van der Waals surface area contributed by atoms with E-state index >= 15 is 0 Å². The van der Waals surface area contributed by atoms with Gasteiger partial charge >= 0.3 is 0 Å². The highest BCUT2D eigenvalue weighted by atomic mass is 32.1. The molecule has 0 bridgehead atoms. The number of benzene rings is 1. The molecule has 3 atom stereocenters. The molecule has 0 aromatic heterocycles. The second kappa shape index (κ2) is 9.82. The summed E-state index contributed by atoms with van der Waals surface area (Å²) in [7, 11) is 0. The van der Waals surface area contributed by atoms with Crippen LogP contribution < -0.4 is 16.4 Å². The van der Waals surface area contributed by atoms with E-state index in [9.17, 15) is 4.79 Å². The van der Waals surface area contributed by atoms with Crippen molar-refractivity contribution in [2.45, 2.75) is 38.9 Å². The Bertz CT molecular complexity index is 413. The average Bonchev–Trinajstić information content (AvgIpc) is 2.53. The zero-order valence-corrected chi connectivity index (χ0v) is 13.8. The zero-order chi connectivity index (χ0) is 15.7. The lowest BCUT2D eigenvalue weighted by molar-refractivity contribution is -0.124. The van der Waals surface area contributed by atoms with E-state index in [-0.39, 0.29) is 23.9 Å². The standard InChI is InChI=1S/C16H27N3OS/c1-3-12(2)15(18-10-14(17)11-21)16(20)19-9-13-7-5-4-6-8-13/h4-8,12,14-15,18,21H,3,9-11,17H2,1-2H3,(H,19,20)/t12?,14-,15+/m1/s1. The fraction of sp³-hybridized carbons (Fsp3) is 0.562. The zero-order valence-electron chi connectivity index (χ0n) is 12.9. The third-order valence-corrected chi connectivity index (χ3v) is 4.11. The van der Waals surface area contributed by atoms with E-state index in [1.807, 2.05) is 30.3 Å². The second-order valence-electron chi connectivity index (χ2n) is 5.42. The van der Waals surface area contributed by atoms with E-state index in [4.69, 9.17) is 5.73 Å². The van der Waals surface area contributed by atoms with E-state index in [1.54, 1.807) is 0 Å². The highest BCUT2D eigenvalue weighted by Crippen LogP contribution is 2.08. The van der Waals surface area contributed by atoms with Crippen molar-refractivity contribution in [1.82, 2.24) is 10.6 Å². The molecular formula is C16H27N3OS. The highest BCUT2D eigenvalue weighted by molar-refractivity contribution is 7.80. The van der Waals surface area contributed by atoms with Crippen molar-refractivity contribution in [1.29, 1.82) is 0 Å². The number of carbonyl (C=O) groups is 1. The van der Waals surface area contributed by atoms with Crippen molar-refractivity contribution in [3.8, 4) is 0 Å². The van der Waals surface area contributed by atoms with Crippen molar-refractivity contribution in [2.75, 3.05) is 12.3 Å². The van der Waals surface area contributed by atoms with E-state index < -0.39 is 0 Å². The molecule has 0 saturated carbocycles. The summed E-state index contributed by atoms with van der Waals surface area (Å²) in [6.07, 6.45) is 0.937. The minimum absolute atomic E-state index is 0.0274. The fourth-order valence-electron chi connectivity index (χ4n) is 2.03. The molecule has 0 aliphatic carbocycles. The smallest absolute Gasteiger partial charge is 0.237 e. The van der Waals surface area contributed by atoms with Gasteiger partial charge in [-0.15, -0.1) is 0 Å². The second-order valence-corrected chi connectivity index (χ2v) is 5.78.